The van der Waals surface area contributed by atoms with Gasteiger partial charge in [0.2, 0.25) is 0 Å². The molecule has 0 bridgehead atoms. The summed E-state index contributed by atoms with van der Waals surface area (Å²) in [4.78, 5) is 22.6. The highest BCUT2D eigenvalue weighted by Gasteiger charge is 2.04. The van der Waals surface area contributed by atoms with Crippen molar-refractivity contribution in [2.24, 2.45) is 4.99 Å². The number of carbonyl (C=O) groups is 1. The van der Waals surface area contributed by atoms with Gasteiger partial charge in [-0.3, -0.25) is 14.8 Å². The summed E-state index contributed by atoms with van der Waals surface area (Å²) in [5.74, 6) is 0.593. The molecule has 0 aromatic carbocycles. The molecule has 25 heavy (non-hydrogen) atoms. The highest BCUT2D eigenvalue weighted by molar-refractivity contribution is 14.0. The van der Waals surface area contributed by atoms with Gasteiger partial charge in [0.15, 0.2) is 5.96 Å². The Balaban J connectivity index is 0.00000312. The van der Waals surface area contributed by atoms with E-state index < -0.39 is 0 Å². The summed E-state index contributed by atoms with van der Waals surface area (Å²) in [6.07, 6.45) is 4.26. The maximum atomic E-state index is 11.9. The van der Waals surface area contributed by atoms with Crippen molar-refractivity contribution < 1.29 is 4.79 Å². The molecule has 1 amide bonds. The molecule has 0 aliphatic rings. The van der Waals surface area contributed by atoms with Crippen LogP contribution in [0.2, 0.25) is 0 Å². The van der Waals surface area contributed by atoms with Crippen molar-refractivity contribution in [3.05, 3.63) is 52.0 Å². The summed E-state index contributed by atoms with van der Waals surface area (Å²) in [7, 11) is 1.73. The first-order valence-electron chi connectivity index (χ1n) is 7.93. The quantitative estimate of drug-likeness (QED) is 0.250. The molecular formula is C17H24IN5OS. The molecule has 136 valence electrons. The van der Waals surface area contributed by atoms with Crippen molar-refractivity contribution in [2.75, 3.05) is 20.1 Å². The molecule has 0 aliphatic heterocycles. The number of pyridine rings is 1. The number of carbonyl (C=O) groups excluding carboxylic acids is 1. The largest absolute Gasteiger partial charge is 0.355 e. The van der Waals surface area contributed by atoms with Crippen LogP contribution in [-0.4, -0.2) is 37.0 Å². The van der Waals surface area contributed by atoms with Gasteiger partial charge in [-0.1, -0.05) is 6.92 Å². The number of aromatic nitrogens is 1. The summed E-state index contributed by atoms with van der Waals surface area (Å²) in [6.45, 7) is 4.00. The predicted molar refractivity (Wildman–Crippen MR) is 114 cm³/mol. The van der Waals surface area contributed by atoms with E-state index in [1.807, 2.05) is 11.3 Å². The van der Waals surface area contributed by atoms with Gasteiger partial charge in [0.05, 0.1) is 12.1 Å². The van der Waals surface area contributed by atoms with Crippen LogP contribution in [0.25, 0.3) is 0 Å². The van der Waals surface area contributed by atoms with Crippen molar-refractivity contribution in [1.82, 2.24) is 20.9 Å². The van der Waals surface area contributed by atoms with Gasteiger partial charge in [-0.2, -0.15) is 0 Å². The average molecular weight is 473 g/mol. The first-order chi connectivity index (χ1) is 11.7. The third-order valence-electron chi connectivity index (χ3n) is 3.35. The third kappa shape index (κ3) is 7.39. The molecule has 2 aromatic heterocycles. The lowest BCUT2D eigenvalue weighted by Gasteiger charge is -2.11. The molecule has 2 heterocycles. The number of amides is 1. The zero-order valence-electron chi connectivity index (χ0n) is 14.4. The highest BCUT2D eigenvalue weighted by Crippen LogP contribution is 2.16. The zero-order chi connectivity index (χ0) is 17.2. The number of halogens is 1. The van der Waals surface area contributed by atoms with Crippen LogP contribution in [0.1, 0.15) is 27.0 Å². The second kappa shape index (κ2) is 11.8. The summed E-state index contributed by atoms with van der Waals surface area (Å²) >= 11 is 1.81. The maximum Gasteiger partial charge on any atom is 0.252 e. The van der Waals surface area contributed by atoms with E-state index in [9.17, 15) is 4.79 Å². The fourth-order valence-corrected chi connectivity index (χ4v) is 2.95. The molecule has 0 saturated heterocycles. The lowest BCUT2D eigenvalue weighted by molar-refractivity contribution is 0.0954. The Labute approximate surface area is 169 Å². The van der Waals surface area contributed by atoms with Gasteiger partial charge in [0.25, 0.3) is 5.91 Å². The number of nitrogens with one attached hydrogen (secondary N) is 3. The molecule has 3 N–H and O–H groups in total. The molecule has 0 radical (unpaired) electrons. The molecule has 0 fully saturated rings. The van der Waals surface area contributed by atoms with E-state index in [4.69, 9.17) is 0 Å². The average Bonchev–Trinajstić information content (AvgIpc) is 3.09. The van der Waals surface area contributed by atoms with E-state index in [0.29, 0.717) is 18.7 Å². The Morgan fingerprint density at radius 1 is 1.16 bits per heavy atom. The topological polar surface area (TPSA) is 78.4 Å². The Hall–Kier alpha value is -1.68. The van der Waals surface area contributed by atoms with Crippen LogP contribution in [0, 0.1) is 0 Å². The van der Waals surface area contributed by atoms with Crippen molar-refractivity contribution in [1.29, 1.82) is 0 Å². The van der Waals surface area contributed by atoms with E-state index in [1.165, 1.54) is 9.75 Å². The van der Waals surface area contributed by atoms with Crippen LogP contribution >= 0.6 is 35.3 Å². The third-order valence-corrected chi connectivity index (χ3v) is 4.58. The van der Waals surface area contributed by atoms with Crippen molar-refractivity contribution in [3.8, 4) is 0 Å². The number of aliphatic imine (C=N–C) groups is 1. The van der Waals surface area contributed by atoms with Gasteiger partial charge in [0, 0.05) is 42.3 Å². The van der Waals surface area contributed by atoms with Gasteiger partial charge in [-0.15, -0.1) is 35.3 Å². The van der Waals surface area contributed by atoms with Crippen LogP contribution < -0.4 is 16.0 Å². The number of hydrogen-bond donors (Lipinski definition) is 3. The van der Waals surface area contributed by atoms with E-state index >= 15 is 0 Å². The minimum Gasteiger partial charge on any atom is -0.355 e. The van der Waals surface area contributed by atoms with E-state index in [-0.39, 0.29) is 29.9 Å². The number of aryl methyl sites for hydroxylation is 1. The molecule has 2 rings (SSSR count). The van der Waals surface area contributed by atoms with Gasteiger partial charge >= 0.3 is 0 Å². The first kappa shape index (κ1) is 21.4. The van der Waals surface area contributed by atoms with E-state index in [1.54, 1.807) is 31.6 Å². The molecule has 0 aliphatic carbocycles. The van der Waals surface area contributed by atoms with Gasteiger partial charge in [-0.25, -0.2) is 0 Å². The highest BCUT2D eigenvalue weighted by atomic mass is 127. The fraction of sp³-hybridized carbons (Fsp3) is 0.353. The van der Waals surface area contributed by atoms with Crippen molar-refractivity contribution in [3.63, 3.8) is 0 Å². The minimum absolute atomic E-state index is 0. The first-order valence-corrected chi connectivity index (χ1v) is 8.75. The normalized spacial score (nSPS) is 10.7. The van der Waals surface area contributed by atoms with Crippen LogP contribution in [0.5, 0.6) is 0 Å². The number of rotatable bonds is 7. The van der Waals surface area contributed by atoms with Crippen LogP contribution in [0.15, 0.2) is 41.7 Å². The van der Waals surface area contributed by atoms with E-state index in [0.717, 1.165) is 18.9 Å². The summed E-state index contributed by atoms with van der Waals surface area (Å²) in [6, 6.07) is 7.78. The summed E-state index contributed by atoms with van der Waals surface area (Å²) < 4.78 is 0. The van der Waals surface area contributed by atoms with Crippen LogP contribution in [0.4, 0.5) is 0 Å². The Kier molecular flexibility index (Phi) is 10.1. The Morgan fingerprint density at radius 3 is 2.56 bits per heavy atom. The molecule has 8 heteroatoms. The van der Waals surface area contributed by atoms with Gasteiger partial charge in [0.1, 0.15) is 0 Å². The second-order valence-corrected chi connectivity index (χ2v) is 6.32. The Morgan fingerprint density at radius 2 is 1.92 bits per heavy atom. The lowest BCUT2D eigenvalue weighted by Crippen LogP contribution is -2.41. The number of guanidine groups is 1. The molecule has 2 aromatic rings. The fourth-order valence-electron chi connectivity index (χ4n) is 2.05. The molecule has 0 saturated carbocycles. The SMILES string of the molecule is CCc1ccc(CNC(=NC)NCCNC(=O)c2cccnc2)s1.I. The molecule has 6 nitrogen and oxygen atoms in total. The number of nitrogens with zero attached hydrogens (tertiary/aromatic N) is 2. The minimum atomic E-state index is -0.126. The smallest absolute Gasteiger partial charge is 0.252 e. The van der Waals surface area contributed by atoms with Crippen LogP contribution in [0.3, 0.4) is 0 Å². The second-order valence-electron chi connectivity index (χ2n) is 5.07. The van der Waals surface area contributed by atoms with Gasteiger partial charge < -0.3 is 16.0 Å². The van der Waals surface area contributed by atoms with Gasteiger partial charge in [-0.05, 0) is 30.7 Å². The molecule has 0 unspecified atom stereocenters. The maximum absolute atomic E-state index is 11.9. The zero-order valence-corrected chi connectivity index (χ0v) is 17.6. The Bertz CT molecular complexity index is 675. The molecular weight excluding hydrogens is 449 g/mol. The molecule has 0 spiro atoms. The van der Waals surface area contributed by atoms with Crippen LogP contribution in [-0.2, 0) is 13.0 Å². The number of thiophene rings is 1. The summed E-state index contributed by atoms with van der Waals surface area (Å²) in [5.41, 5.74) is 0.560. The van der Waals surface area contributed by atoms with Crippen molar-refractivity contribution in [2.45, 2.75) is 19.9 Å². The predicted octanol–water partition coefficient (Wildman–Crippen LogP) is 2.42. The molecule has 0 atom stereocenters. The van der Waals surface area contributed by atoms with E-state index in [2.05, 4.69) is 45.0 Å². The summed E-state index contributed by atoms with van der Waals surface area (Å²) in [5, 5.41) is 9.29. The number of hydrogen-bond acceptors (Lipinski definition) is 4. The monoisotopic (exact) mass is 473 g/mol. The lowest BCUT2D eigenvalue weighted by atomic mass is 10.3. The standard InChI is InChI=1S/C17H23N5OS.HI/c1-3-14-6-7-15(24-14)12-22-17(18-2)21-10-9-20-16(23)13-5-4-8-19-11-13;/h4-8,11H,3,9-10,12H2,1-2H3,(H,20,23)(H2,18,21,22);1H. The van der Waals surface area contributed by atoms with Crippen molar-refractivity contribution >= 4 is 47.2 Å².